The van der Waals surface area contributed by atoms with Gasteiger partial charge in [0.1, 0.15) is 78.6 Å². The minimum atomic E-state index is -2.12. The van der Waals surface area contributed by atoms with Crippen molar-refractivity contribution in [3.8, 4) is 5.75 Å². The lowest BCUT2D eigenvalue weighted by molar-refractivity contribution is -0.144. The first kappa shape index (κ1) is 120. The van der Waals surface area contributed by atoms with E-state index < -0.39 is 263 Å². The fourth-order valence-electron chi connectivity index (χ4n) is 16.8. The number of rotatable bonds is 61. The Morgan fingerprint density at radius 3 is 1.84 bits per heavy atom. The lowest BCUT2D eigenvalue weighted by Crippen LogP contribution is -2.62. The van der Waals surface area contributed by atoms with Crippen molar-refractivity contribution in [2.45, 2.75) is 285 Å². The maximum absolute atomic E-state index is 15.5. The number of primary amides is 1. The average molecular weight is 2060 g/mol. The molecule has 5 aromatic rings. The van der Waals surface area contributed by atoms with Crippen LogP contribution < -0.4 is 85.9 Å². The number of nitrogens with one attached hydrogen (secondary N) is 17. The molecule has 4 heterocycles. The SMILES string of the molecule is CCCC[C@H](NC(=O)[C@H](CN(CC(=O)O)CC(=O)O)NC(=O)[C@H](Cc1ccc(O)cc1)NC(=O)[C@H](CCC(N)=O)NC(=O)[C@H](CO)NC(=O)CNC(=O)COCCOCCNC(=O)CCCCCCCCCCCCCCCc1nnn[nH]1)C(=O)N[C@H]1CCC(=O)NCCCC[C@@H](C(C)=O)NC(=O)[C@H](Cc2c[nH]c3ccccc23)NC(=O)[C@H](CCCNC(=N)N)NC(=O)[C@@H](Cc2ccccc2)NC(=O)[C@@H]2C[C@@H](O)CN2C1=O. The highest BCUT2D eigenvalue weighted by atomic mass is 16.5. The van der Waals surface area contributed by atoms with E-state index in [0.717, 1.165) is 54.6 Å². The van der Waals surface area contributed by atoms with E-state index >= 15 is 28.8 Å². The monoisotopic (exact) mass is 2060 g/mol. The number of carboxylic acids is 2. The third-order valence-electron chi connectivity index (χ3n) is 24.7. The molecule has 147 heavy (non-hydrogen) atoms. The third kappa shape index (κ3) is 46.0. The van der Waals surface area contributed by atoms with Crippen molar-refractivity contribution in [3.05, 3.63) is 108 Å². The number of unbranched alkanes of at least 4 members (excludes halogenated alkanes) is 13. The van der Waals surface area contributed by atoms with Crippen LogP contribution in [-0.4, -0.2) is 331 Å². The summed E-state index contributed by atoms with van der Waals surface area (Å²) in [4.78, 5) is 258. The van der Waals surface area contributed by atoms with Gasteiger partial charge in [-0.05, 0) is 116 Å². The van der Waals surface area contributed by atoms with Crippen LogP contribution in [-0.2, 0) is 121 Å². The Bertz CT molecular complexity index is 5080. The molecule has 808 valence electrons. The second-order valence-electron chi connectivity index (χ2n) is 36.7. The number of Topliss-reactive ketones (excluding diaryl/α,β-unsaturated/α-hetero) is 1. The zero-order valence-corrected chi connectivity index (χ0v) is 83.4. The van der Waals surface area contributed by atoms with Crippen molar-refractivity contribution in [2.24, 2.45) is 11.5 Å². The van der Waals surface area contributed by atoms with Crippen LogP contribution in [0.25, 0.3) is 10.9 Å². The Morgan fingerprint density at radius 1 is 0.585 bits per heavy atom. The normalized spacial score (nSPS) is 18.2. The summed E-state index contributed by atoms with van der Waals surface area (Å²) < 4.78 is 10.9. The molecule has 2 aromatic heterocycles. The summed E-state index contributed by atoms with van der Waals surface area (Å²) >= 11 is 0. The number of aliphatic hydroxyl groups excluding tert-OH is 2. The molecule has 2 aliphatic rings. The number of aryl methyl sites for hydroxylation is 1. The minimum Gasteiger partial charge on any atom is -0.508 e. The van der Waals surface area contributed by atoms with E-state index in [1.807, 2.05) is 12.1 Å². The number of fused-ring (bicyclic) bond motifs is 2. The number of carboxylic acid groups (broad SMARTS) is 2. The zero-order valence-electron chi connectivity index (χ0n) is 83.4. The molecule has 0 saturated carbocycles. The molecular formula is C98H146N24O25. The lowest BCUT2D eigenvalue weighted by atomic mass is 10.0. The van der Waals surface area contributed by atoms with Crippen LogP contribution in [0.15, 0.2) is 85.1 Å². The lowest BCUT2D eigenvalue weighted by Gasteiger charge is -2.31. The number of guanidine groups is 1. The molecule has 7 rings (SSSR count). The number of aromatic hydroxyl groups is 1. The number of phenolic OH excluding ortho intramolecular Hbond substituents is 1. The first-order chi connectivity index (χ1) is 70.6. The molecule has 0 spiro atoms. The number of aromatic amines is 2. The Hall–Kier alpha value is -14.2. The number of H-pyrrole nitrogens is 2. The van der Waals surface area contributed by atoms with Gasteiger partial charge in [-0.2, -0.15) is 0 Å². The van der Waals surface area contributed by atoms with Gasteiger partial charge in [-0.15, -0.1) is 5.10 Å². The minimum absolute atomic E-state index is 0.0301. The molecule has 26 N–H and O–H groups in total. The zero-order chi connectivity index (χ0) is 107. The van der Waals surface area contributed by atoms with E-state index in [1.165, 1.54) is 82.6 Å². The smallest absolute Gasteiger partial charge is 0.317 e. The summed E-state index contributed by atoms with van der Waals surface area (Å²) in [6.07, 6.45) is 13.0. The topological polar surface area (TPSA) is 748 Å². The highest BCUT2D eigenvalue weighted by molar-refractivity contribution is 6.01. The average Bonchev–Trinajstić information content (AvgIpc) is 1.68. The number of nitrogens with two attached hydrogens (primary N) is 2. The second-order valence-corrected chi connectivity index (χ2v) is 36.7. The van der Waals surface area contributed by atoms with Gasteiger partial charge < -0.3 is 131 Å². The molecule has 0 radical (unpaired) electrons. The molecule has 0 unspecified atom stereocenters. The van der Waals surface area contributed by atoms with E-state index in [4.69, 9.17) is 26.4 Å². The van der Waals surface area contributed by atoms with Crippen LogP contribution in [0.1, 0.15) is 210 Å². The van der Waals surface area contributed by atoms with E-state index in [0.29, 0.717) is 34.4 Å². The number of amides is 15. The molecule has 0 bridgehead atoms. The first-order valence-corrected chi connectivity index (χ1v) is 50.3. The third-order valence-corrected chi connectivity index (χ3v) is 24.7. The number of carbonyl (C=O) groups is 18. The Balaban J connectivity index is 1.03. The molecule has 49 heteroatoms. The number of hydrogen-bond acceptors (Lipinski definition) is 28. The van der Waals surface area contributed by atoms with Gasteiger partial charge >= 0.3 is 11.9 Å². The summed E-state index contributed by atoms with van der Waals surface area (Å²) in [5.74, 6) is -18.1. The number of aromatic nitrogens is 5. The van der Waals surface area contributed by atoms with Crippen LogP contribution in [0.2, 0.25) is 0 Å². The van der Waals surface area contributed by atoms with Gasteiger partial charge in [0, 0.05) is 101 Å². The largest absolute Gasteiger partial charge is 0.508 e. The summed E-state index contributed by atoms with van der Waals surface area (Å²) in [5, 5.41) is 111. The highest BCUT2D eigenvalue weighted by Crippen LogP contribution is 2.25. The van der Waals surface area contributed by atoms with Crippen LogP contribution in [0.3, 0.4) is 0 Å². The van der Waals surface area contributed by atoms with Gasteiger partial charge in [0.15, 0.2) is 11.7 Å². The van der Waals surface area contributed by atoms with Gasteiger partial charge in [0.25, 0.3) is 0 Å². The summed E-state index contributed by atoms with van der Waals surface area (Å²) in [6, 6.07) is 1.96. The summed E-state index contributed by atoms with van der Waals surface area (Å²) in [5.41, 5.74) is 13.1. The maximum atomic E-state index is 15.5. The van der Waals surface area contributed by atoms with Gasteiger partial charge in [-0.3, -0.25) is 96.6 Å². The fourth-order valence-corrected chi connectivity index (χ4v) is 16.8. The van der Waals surface area contributed by atoms with Crippen molar-refractivity contribution in [1.82, 2.24) is 110 Å². The van der Waals surface area contributed by atoms with Crippen molar-refractivity contribution < 1.29 is 121 Å². The van der Waals surface area contributed by atoms with Crippen LogP contribution in [0.4, 0.5) is 0 Å². The van der Waals surface area contributed by atoms with Crippen molar-refractivity contribution in [1.29, 1.82) is 5.41 Å². The number of ether oxygens (including phenoxy) is 2. The van der Waals surface area contributed by atoms with Gasteiger partial charge in [0.05, 0.1) is 58.2 Å². The summed E-state index contributed by atoms with van der Waals surface area (Å²) in [7, 11) is 0. The number of ketones is 1. The Labute approximate surface area is 851 Å². The molecule has 3 aromatic carbocycles. The van der Waals surface area contributed by atoms with Gasteiger partial charge in [-0.1, -0.05) is 151 Å². The van der Waals surface area contributed by atoms with Crippen molar-refractivity contribution >= 4 is 123 Å². The molecule has 12 atom stereocenters. The number of aliphatic carboxylic acids is 2. The number of para-hydroxylation sites is 1. The van der Waals surface area contributed by atoms with Gasteiger partial charge in [-0.25, -0.2) is 5.10 Å². The number of benzene rings is 3. The van der Waals surface area contributed by atoms with E-state index in [9.17, 15) is 83.1 Å². The standard InChI is InChI=1S/C98H146N24O25/c1-3-4-29-70(88(136)112-73-40-42-83(129)102-43-24-23-30-68(61(2)124)108-93(141)76(51-64-53-105-69-31-22-21-28-67(64)69)114-89(137)71(32-25-44-104-98(100)101)109-91(139)75(49-62-26-17-16-18-27-62)115-96(144)79-52-66(126)55-122(79)97(73)145)110-94(142)77(56-121(57-86(132)133)58-87(134)135)116-92(140)74(50-63-35-37-65(125)38-36-63)113-90(138)72(39-41-80(99)127)111-95(143)78(59-123)107-84(130)54-106-85(131)60-147-48-47-146-46-45-103-82(128)34-20-15-13-11-9-7-5-6-8-10-12-14-19-33-81-117-119-120-118-81/h16-18,21-22,26-28,31,35-38,53,66,68,70-79,105,123,125-126H,3-15,19-20,23-25,29-30,32-34,39-52,54-60H2,1-2H3,(H2,99,127)(H,102,129)(H,103,128)(H,106,131)(H,107,130)(H,108,141)(H,109,139)(H,110,142)(H,111,143)(H,112,136)(H,113,138)(H,114,137)(H,115,144)(H,116,140)(H,132,133)(H,134,135)(H4,100,101,104)(H,117,118,119,120)/t66-,68+,70+,71+,72+,73+,74+,75-,76+,77+,78+,79+/m1/s1. The van der Waals surface area contributed by atoms with Crippen LogP contribution in [0, 0.1) is 5.41 Å². The molecule has 0 aliphatic carbocycles. The molecule has 2 fully saturated rings. The highest BCUT2D eigenvalue weighted by Gasteiger charge is 2.45. The number of phenols is 1. The van der Waals surface area contributed by atoms with Crippen LogP contribution in [0.5, 0.6) is 5.75 Å². The van der Waals surface area contributed by atoms with Crippen LogP contribution >= 0.6 is 0 Å². The molecule has 15 amide bonds. The fraction of sp³-hybridized carbons (Fsp3) is 0.592. The number of carbonyl (C=O) groups excluding carboxylic acids is 16. The van der Waals surface area contributed by atoms with Crippen molar-refractivity contribution in [2.75, 3.05) is 85.4 Å². The van der Waals surface area contributed by atoms with E-state index in [1.54, 1.807) is 55.6 Å². The van der Waals surface area contributed by atoms with Crippen molar-refractivity contribution in [3.63, 3.8) is 0 Å². The van der Waals surface area contributed by atoms with E-state index in [-0.39, 0.29) is 114 Å². The quantitative estimate of drug-likeness (QED) is 0.0114. The van der Waals surface area contributed by atoms with Gasteiger partial charge in [0.2, 0.25) is 88.6 Å². The number of hydrogen-bond donors (Lipinski definition) is 24. The Kier molecular flexibility index (Phi) is 53.8. The molecule has 2 aliphatic heterocycles. The number of nitrogens with zero attached hydrogens (tertiary/aromatic N) is 5. The second kappa shape index (κ2) is 66.0. The maximum Gasteiger partial charge on any atom is 0.317 e. The molecule has 49 nitrogen and oxygen atoms in total. The molecular weight excluding hydrogens is 1910 g/mol. The predicted octanol–water partition coefficient (Wildman–Crippen LogP) is -1.95. The molecule has 2 saturated heterocycles. The number of tetrazole rings is 1. The van der Waals surface area contributed by atoms with E-state index in [2.05, 4.69) is 100 Å². The first-order valence-electron chi connectivity index (χ1n) is 50.3. The summed E-state index contributed by atoms with van der Waals surface area (Å²) in [6.45, 7) is -2.82. The predicted molar refractivity (Wildman–Crippen MR) is 532 cm³/mol. The number of aliphatic hydroxyl groups is 2. The Morgan fingerprint density at radius 2 is 1.18 bits per heavy atom.